The Morgan fingerprint density at radius 2 is 1.91 bits per heavy atom. The lowest BCUT2D eigenvalue weighted by molar-refractivity contribution is 0.0697. The number of benzene rings is 2. The zero-order valence-corrected chi connectivity index (χ0v) is 19.6. The van der Waals surface area contributed by atoms with Crippen LogP contribution in [0.2, 0.25) is 0 Å². The second-order valence-corrected chi connectivity index (χ2v) is 10.2. The van der Waals surface area contributed by atoms with Gasteiger partial charge in [-0.05, 0) is 86.9 Å². The van der Waals surface area contributed by atoms with Crippen LogP contribution in [0, 0.1) is 11.3 Å². The number of aromatic carboxylic acids is 1. The van der Waals surface area contributed by atoms with Crippen molar-refractivity contribution in [2.45, 2.75) is 66.0 Å². The van der Waals surface area contributed by atoms with Gasteiger partial charge in [-0.25, -0.2) is 9.78 Å². The Morgan fingerprint density at radius 1 is 1.19 bits per heavy atom. The third-order valence-corrected chi connectivity index (χ3v) is 6.15. The third kappa shape index (κ3) is 4.74. The van der Waals surface area contributed by atoms with E-state index in [2.05, 4.69) is 30.7 Å². The summed E-state index contributed by atoms with van der Waals surface area (Å²) in [5, 5.41) is 12.9. The van der Waals surface area contributed by atoms with E-state index in [0.29, 0.717) is 17.5 Å². The predicted octanol–water partition coefficient (Wildman–Crippen LogP) is 6.65. The highest BCUT2D eigenvalue weighted by atomic mass is 16.5. The highest BCUT2D eigenvalue weighted by molar-refractivity contribution is 5.93. The summed E-state index contributed by atoms with van der Waals surface area (Å²) < 4.78 is 8.03. The highest BCUT2D eigenvalue weighted by Gasteiger charge is 2.34. The van der Waals surface area contributed by atoms with Gasteiger partial charge in [0.15, 0.2) is 0 Å². The smallest absolute Gasteiger partial charge is 0.335 e. The molecular formula is C26H33N3O3. The van der Waals surface area contributed by atoms with Gasteiger partial charge in [0.05, 0.1) is 22.7 Å². The number of carbonyl (C=O) groups is 1. The summed E-state index contributed by atoms with van der Waals surface area (Å²) in [6.45, 7) is 11.0. The van der Waals surface area contributed by atoms with E-state index in [9.17, 15) is 9.90 Å². The van der Waals surface area contributed by atoms with Crippen LogP contribution in [0.5, 0.6) is 5.75 Å². The Morgan fingerprint density at radius 3 is 2.53 bits per heavy atom. The molecule has 1 aromatic heterocycles. The molecule has 0 amide bonds. The first-order valence-corrected chi connectivity index (χ1v) is 11.4. The van der Waals surface area contributed by atoms with Crippen LogP contribution >= 0.6 is 0 Å². The number of nitrogens with one attached hydrogen (secondary N) is 1. The number of carboxylic acid groups (broad SMARTS) is 1. The van der Waals surface area contributed by atoms with E-state index in [0.717, 1.165) is 35.7 Å². The van der Waals surface area contributed by atoms with Gasteiger partial charge in [-0.15, -0.1) is 0 Å². The molecule has 1 unspecified atom stereocenters. The lowest BCUT2D eigenvalue weighted by Gasteiger charge is -2.40. The van der Waals surface area contributed by atoms with E-state index in [1.54, 1.807) is 12.1 Å². The summed E-state index contributed by atoms with van der Waals surface area (Å²) in [5.74, 6) is 1.24. The number of hydrogen-bond acceptors (Lipinski definition) is 4. The first-order chi connectivity index (χ1) is 15.1. The topological polar surface area (TPSA) is 76.4 Å². The fourth-order valence-electron chi connectivity index (χ4n) is 5.20. The summed E-state index contributed by atoms with van der Waals surface area (Å²) in [5.41, 5.74) is 3.07. The van der Waals surface area contributed by atoms with Crippen LogP contribution in [-0.4, -0.2) is 26.7 Å². The Bertz CT molecular complexity index is 1120. The Balaban J connectivity index is 1.74. The molecule has 6 nitrogen and oxygen atoms in total. The summed E-state index contributed by atoms with van der Waals surface area (Å²) in [4.78, 5) is 16.3. The average molecular weight is 436 g/mol. The molecule has 0 radical (unpaired) electrons. The van der Waals surface area contributed by atoms with Crippen LogP contribution in [0.1, 0.15) is 70.3 Å². The molecule has 0 spiro atoms. The van der Waals surface area contributed by atoms with Crippen LogP contribution in [0.25, 0.3) is 11.0 Å². The molecule has 1 fully saturated rings. The molecule has 0 saturated heterocycles. The van der Waals surface area contributed by atoms with Gasteiger partial charge in [-0.1, -0.05) is 20.8 Å². The lowest BCUT2D eigenvalue weighted by atomic mass is 9.70. The normalized spacial score (nSPS) is 20.4. The quantitative estimate of drug-likeness (QED) is 0.453. The first kappa shape index (κ1) is 22.2. The van der Waals surface area contributed by atoms with Crippen LogP contribution in [0.15, 0.2) is 42.5 Å². The summed E-state index contributed by atoms with van der Waals surface area (Å²) in [6.07, 6.45) is 3.46. The maximum atomic E-state index is 11.5. The van der Waals surface area contributed by atoms with Crippen LogP contribution in [-0.2, 0) is 0 Å². The summed E-state index contributed by atoms with van der Waals surface area (Å²) in [6, 6.07) is 13.4. The molecule has 32 heavy (non-hydrogen) atoms. The summed E-state index contributed by atoms with van der Waals surface area (Å²) in [7, 11) is 0. The lowest BCUT2D eigenvalue weighted by Crippen LogP contribution is -2.29. The molecule has 1 saturated carbocycles. The van der Waals surface area contributed by atoms with Gasteiger partial charge >= 0.3 is 5.97 Å². The number of carboxylic acids is 1. The Labute approximate surface area is 189 Å². The SMILES string of the molecule is CC(C)Oc1ccc(Nc2nc3cc(C(=O)O)ccc3n2C2C[C@H](C)CC(C)(C)C2)cc1. The molecule has 0 bridgehead atoms. The average Bonchev–Trinajstić information content (AvgIpc) is 3.04. The molecule has 2 atom stereocenters. The van der Waals surface area contributed by atoms with Crippen molar-refractivity contribution >= 4 is 28.6 Å². The fourth-order valence-corrected chi connectivity index (χ4v) is 5.20. The van der Waals surface area contributed by atoms with E-state index in [1.807, 2.05) is 44.2 Å². The molecule has 0 aliphatic heterocycles. The van der Waals surface area contributed by atoms with Crippen molar-refractivity contribution in [1.29, 1.82) is 0 Å². The fraction of sp³-hybridized carbons (Fsp3) is 0.462. The molecule has 4 rings (SSSR count). The number of aromatic nitrogens is 2. The first-order valence-electron chi connectivity index (χ1n) is 11.4. The van der Waals surface area contributed by atoms with Crippen LogP contribution < -0.4 is 10.1 Å². The van der Waals surface area contributed by atoms with Gasteiger partial charge in [0, 0.05) is 11.7 Å². The predicted molar refractivity (Wildman–Crippen MR) is 128 cm³/mol. The van der Waals surface area contributed by atoms with E-state index >= 15 is 0 Å². The third-order valence-electron chi connectivity index (χ3n) is 6.15. The molecule has 2 N–H and O–H groups in total. The molecule has 2 aromatic carbocycles. The van der Waals surface area contributed by atoms with E-state index < -0.39 is 5.97 Å². The Hall–Kier alpha value is -3.02. The van der Waals surface area contributed by atoms with E-state index in [4.69, 9.17) is 9.72 Å². The van der Waals surface area contributed by atoms with E-state index in [-0.39, 0.29) is 17.1 Å². The number of anilines is 2. The monoisotopic (exact) mass is 435 g/mol. The number of fused-ring (bicyclic) bond motifs is 1. The number of hydrogen-bond donors (Lipinski definition) is 2. The maximum Gasteiger partial charge on any atom is 0.335 e. The number of rotatable bonds is 6. The maximum absolute atomic E-state index is 11.5. The van der Waals surface area contributed by atoms with Crippen molar-refractivity contribution in [2.24, 2.45) is 11.3 Å². The molecular weight excluding hydrogens is 402 g/mol. The minimum atomic E-state index is -0.941. The second-order valence-electron chi connectivity index (χ2n) is 10.2. The highest BCUT2D eigenvalue weighted by Crippen LogP contribution is 2.46. The number of nitrogens with zero attached hydrogens (tertiary/aromatic N) is 2. The van der Waals surface area contributed by atoms with Gasteiger partial charge in [-0.2, -0.15) is 0 Å². The van der Waals surface area contributed by atoms with Crippen LogP contribution in [0.3, 0.4) is 0 Å². The van der Waals surface area contributed by atoms with Gasteiger partial charge in [0.1, 0.15) is 5.75 Å². The molecule has 170 valence electrons. The zero-order chi connectivity index (χ0) is 23.0. The summed E-state index contributed by atoms with van der Waals surface area (Å²) >= 11 is 0. The molecule has 3 aromatic rings. The minimum Gasteiger partial charge on any atom is -0.491 e. The number of ether oxygens (including phenoxy) is 1. The number of imidazole rings is 1. The van der Waals surface area contributed by atoms with Crippen LogP contribution in [0.4, 0.5) is 11.6 Å². The van der Waals surface area contributed by atoms with Gasteiger partial charge in [0.25, 0.3) is 0 Å². The van der Waals surface area contributed by atoms with Crippen molar-refractivity contribution in [3.8, 4) is 5.75 Å². The molecule has 1 aliphatic rings. The minimum absolute atomic E-state index is 0.123. The van der Waals surface area contributed by atoms with Crippen molar-refractivity contribution in [3.05, 3.63) is 48.0 Å². The molecule has 6 heteroatoms. The molecule has 1 heterocycles. The van der Waals surface area contributed by atoms with Crippen molar-refractivity contribution in [1.82, 2.24) is 9.55 Å². The van der Waals surface area contributed by atoms with Gasteiger partial charge in [-0.3, -0.25) is 0 Å². The van der Waals surface area contributed by atoms with Gasteiger partial charge < -0.3 is 19.7 Å². The second kappa shape index (κ2) is 8.49. The van der Waals surface area contributed by atoms with E-state index in [1.165, 1.54) is 6.42 Å². The van der Waals surface area contributed by atoms with Crippen molar-refractivity contribution in [3.63, 3.8) is 0 Å². The molecule has 1 aliphatic carbocycles. The largest absolute Gasteiger partial charge is 0.491 e. The van der Waals surface area contributed by atoms with Crippen molar-refractivity contribution in [2.75, 3.05) is 5.32 Å². The standard InChI is InChI=1S/C26H33N3O3/c1-16(2)32-21-9-7-19(8-10-21)27-25-28-22-13-18(24(30)31)6-11-23(22)29(25)20-12-17(3)14-26(4,5)15-20/h6-11,13,16-17,20H,12,14-15H2,1-5H3,(H,27,28)(H,30,31)/t17-,20?/m0/s1. The van der Waals surface area contributed by atoms with Gasteiger partial charge in [0.2, 0.25) is 5.95 Å². The Kier molecular flexibility index (Phi) is 5.89. The zero-order valence-electron chi connectivity index (χ0n) is 19.6. The van der Waals surface area contributed by atoms with Crippen molar-refractivity contribution < 1.29 is 14.6 Å².